The molecule has 1 aromatic rings. The summed E-state index contributed by atoms with van der Waals surface area (Å²) in [5.74, 6) is 0. The number of aromatic nitrogens is 1. The van der Waals surface area contributed by atoms with E-state index in [-0.39, 0.29) is 0 Å². The van der Waals surface area contributed by atoms with Gasteiger partial charge in [0.25, 0.3) is 0 Å². The quantitative estimate of drug-likeness (QED) is 0.627. The first-order valence-corrected chi connectivity index (χ1v) is 2.89. The standard InChI is InChI=1S/C6H10N2O/c1-2-9-8-4-3-6(7)5-8/h3-5H,2,7H2,1H3. The Hall–Kier alpha value is -1.12. The van der Waals surface area contributed by atoms with Crippen LogP contribution in [0.4, 0.5) is 5.69 Å². The third kappa shape index (κ3) is 1.38. The van der Waals surface area contributed by atoms with Crippen LogP contribution >= 0.6 is 0 Å². The number of anilines is 1. The van der Waals surface area contributed by atoms with Gasteiger partial charge < -0.3 is 10.6 Å². The van der Waals surface area contributed by atoms with Crippen LogP contribution in [0.2, 0.25) is 0 Å². The number of nitrogen functional groups attached to an aromatic ring is 1. The Morgan fingerprint density at radius 3 is 3.00 bits per heavy atom. The minimum absolute atomic E-state index is 0.661. The van der Waals surface area contributed by atoms with Crippen LogP contribution in [0.1, 0.15) is 6.92 Å². The van der Waals surface area contributed by atoms with Gasteiger partial charge in [-0.2, -0.15) is 4.73 Å². The van der Waals surface area contributed by atoms with E-state index in [1.165, 1.54) is 0 Å². The lowest BCUT2D eigenvalue weighted by Gasteiger charge is -1.99. The number of nitrogens with zero attached hydrogens (tertiary/aromatic N) is 1. The second-order valence-corrected chi connectivity index (χ2v) is 1.72. The van der Waals surface area contributed by atoms with E-state index in [4.69, 9.17) is 10.6 Å². The number of rotatable bonds is 2. The average Bonchev–Trinajstić information content (AvgIpc) is 2.17. The Balaban J connectivity index is 2.61. The molecular weight excluding hydrogens is 116 g/mol. The third-order valence-electron chi connectivity index (χ3n) is 0.968. The average molecular weight is 126 g/mol. The Morgan fingerprint density at radius 2 is 2.56 bits per heavy atom. The molecule has 0 unspecified atom stereocenters. The third-order valence-corrected chi connectivity index (χ3v) is 0.968. The maximum Gasteiger partial charge on any atom is 0.112 e. The molecule has 0 bridgehead atoms. The lowest BCUT2D eigenvalue weighted by molar-refractivity contribution is 0.123. The summed E-state index contributed by atoms with van der Waals surface area (Å²) in [7, 11) is 0. The van der Waals surface area contributed by atoms with Crippen LogP contribution in [0.15, 0.2) is 18.5 Å². The normalized spacial score (nSPS) is 9.44. The molecule has 0 aromatic carbocycles. The van der Waals surface area contributed by atoms with Gasteiger partial charge in [0, 0.05) is 6.20 Å². The summed E-state index contributed by atoms with van der Waals surface area (Å²) in [6, 6.07) is 1.79. The van der Waals surface area contributed by atoms with Crippen molar-refractivity contribution in [2.75, 3.05) is 12.3 Å². The fourth-order valence-electron chi connectivity index (χ4n) is 0.622. The lowest BCUT2D eigenvalue weighted by atomic mass is 10.6. The van der Waals surface area contributed by atoms with Gasteiger partial charge in [0.1, 0.15) is 6.61 Å². The van der Waals surface area contributed by atoms with E-state index in [1.54, 1.807) is 23.2 Å². The Bertz CT molecular complexity index is 183. The topological polar surface area (TPSA) is 40.2 Å². The summed E-state index contributed by atoms with van der Waals surface area (Å²) in [5.41, 5.74) is 6.13. The zero-order chi connectivity index (χ0) is 6.69. The van der Waals surface area contributed by atoms with Crippen molar-refractivity contribution >= 4 is 5.69 Å². The zero-order valence-corrected chi connectivity index (χ0v) is 5.37. The molecule has 3 nitrogen and oxygen atoms in total. The maximum atomic E-state index is 5.41. The zero-order valence-electron chi connectivity index (χ0n) is 5.37. The first-order chi connectivity index (χ1) is 4.33. The molecule has 0 aliphatic rings. The summed E-state index contributed by atoms with van der Waals surface area (Å²) >= 11 is 0. The van der Waals surface area contributed by atoms with E-state index < -0.39 is 0 Å². The second-order valence-electron chi connectivity index (χ2n) is 1.72. The fraction of sp³-hybridized carbons (Fsp3) is 0.333. The second kappa shape index (κ2) is 2.44. The van der Waals surface area contributed by atoms with Gasteiger partial charge in [-0.05, 0) is 13.0 Å². The molecule has 9 heavy (non-hydrogen) atoms. The van der Waals surface area contributed by atoms with E-state index in [9.17, 15) is 0 Å². The van der Waals surface area contributed by atoms with Gasteiger partial charge in [-0.15, -0.1) is 0 Å². The molecule has 0 aliphatic heterocycles. The minimum atomic E-state index is 0.661. The highest BCUT2D eigenvalue weighted by molar-refractivity contribution is 5.33. The van der Waals surface area contributed by atoms with E-state index >= 15 is 0 Å². The van der Waals surface area contributed by atoms with Crippen molar-refractivity contribution in [1.82, 2.24) is 4.73 Å². The fourth-order valence-corrected chi connectivity index (χ4v) is 0.622. The van der Waals surface area contributed by atoms with Gasteiger partial charge in [-0.25, -0.2) is 0 Å². The van der Waals surface area contributed by atoms with E-state index in [1.807, 2.05) is 6.92 Å². The highest BCUT2D eigenvalue weighted by Gasteiger charge is 1.87. The first-order valence-electron chi connectivity index (χ1n) is 2.89. The Morgan fingerprint density at radius 1 is 1.78 bits per heavy atom. The summed E-state index contributed by atoms with van der Waals surface area (Å²) < 4.78 is 1.59. The van der Waals surface area contributed by atoms with Gasteiger partial charge in [-0.1, -0.05) is 0 Å². The molecule has 0 radical (unpaired) electrons. The van der Waals surface area contributed by atoms with Crippen LogP contribution in [0, 0.1) is 0 Å². The van der Waals surface area contributed by atoms with Crippen molar-refractivity contribution in [3.63, 3.8) is 0 Å². The van der Waals surface area contributed by atoms with Crippen LogP contribution in [-0.2, 0) is 0 Å². The Kier molecular flexibility index (Phi) is 1.63. The molecule has 1 heterocycles. The number of nitrogens with two attached hydrogens (primary N) is 1. The molecule has 0 spiro atoms. The van der Waals surface area contributed by atoms with Gasteiger partial charge in [-0.3, -0.25) is 0 Å². The largest absolute Gasteiger partial charge is 0.415 e. The predicted molar refractivity (Wildman–Crippen MR) is 36.0 cm³/mol. The summed E-state index contributed by atoms with van der Waals surface area (Å²) in [4.78, 5) is 5.06. The molecule has 3 heteroatoms. The number of hydrogen-bond donors (Lipinski definition) is 1. The molecule has 0 saturated carbocycles. The van der Waals surface area contributed by atoms with Gasteiger partial charge in [0.05, 0.1) is 11.9 Å². The van der Waals surface area contributed by atoms with E-state index in [2.05, 4.69) is 0 Å². The molecule has 0 amide bonds. The molecule has 0 atom stereocenters. The number of hydrogen-bond acceptors (Lipinski definition) is 2. The van der Waals surface area contributed by atoms with Gasteiger partial charge in [0.15, 0.2) is 0 Å². The van der Waals surface area contributed by atoms with Crippen LogP contribution in [0.3, 0.4) is 0 Å². The van der Waals surface area contributed by atoms with Crippen LogP contribution in [0.5, 0.6) is 0 Å². The molecule has 0 saturated heterocycles. The first kappa shape index (κ1) is 6.01. The summed E-state index contributed by atoms with van der Waals surface area (Å²) in [6.45, 7) is 2.59. The molecule has 0 aliphatic carbocycles. The molecule has 1 aromatic heterocycles. The molecule has 1 rings (SSSR count). The summed E-state index contributed by atoms with van der Waals surface area (Å²) in [6.07, 6.45) is 3.50. The SMILES string of the molecule is CCOn1ccc(N)c1. The monoisotopic (exact) mass is 126 g/mol. The molecule has 50 valence electrons. The van der Waals surface area contributed by atoms with E-state index in [0.717, 1.165) is 5.69 Å². The summed E-state index contributed by atoms with van der Waals surface area (Å²) in [5, 5.41) is 0. The van der Waals surface area contributed by atoms with Gasteiger partial charge in [0.2, 0.25) is 0 Å². The van der Waals surface area contributed by atoms with Crippen LogP contribution in [-0.4, -0.2) is 11.3 Å². The molecule has 0 fully saturated rings. The van der Waals surface area contributed by atoms with Crippen molar-refractivity contribution in [1.29, 1.82) is 0 Å². The van der Waals surface area contributed by atoms with Crippen molar-refractivity contribution in [2.24, 2.45) is 0 Å². The predicted octanol–water partition coefficient (Wildman–Crippen LogP) is 0.519. The molecular formula is C6H10N2O. The molecule has 2 N–H and O–H groups in total. The van der Waals surface area contributed by atoms with Crippen molar-refractivity contribution < 1.29 is 4.84 Å². The highest BCUT2D eigenvalue weighted by atomic mass is 16.7. The Labute approximate surface area is 54.0 Å². The lowest BCUT2D eigenvalue weighted by Crippen LogP contribution is -2.07. The maximum absolute atomic E-state index is 5.41. The van der Waals surface area contributed by atoms with Gasteiger partial charge >= 0.3 is 0 Å². The van der Waals surface area contributed by atoms with Crippen molar-refractivity contribution in [3.8, 4) is 0 Å². The van der Waals surface area contributed by atoms with Crippen molar-refractivity contribution in [3.05, 3.63) is 18.5 Å². The van der Waals surface area contributed by atoms with Crippen LogP contribution < -0.4 is 10.6 Å². The van der Waals surface area contributed by atoms with Crippen molar-refractivity contribution in [2.45, 2.75) is 6.92 Å². The van der Waals surface area contributed by atoms with E-state index in [0.29, 0.717) is 6.61 Å². The minimum Gasteiger partial charge on any atom is -0.415 e. The highest BCUT2D eigenvalue weighted by Crippen LogP contribution is 1.98. The smallest absolute Gasteiger partial charge is 0.112 e. The van der Waals surface area contributed by atoms with Crippen LogP contribution in [0.25, 0.3) is 0 Å².